The average molecular weight is 353 g/mol. The van der Waals surface area contributed by atoms with Crippen molar-refractivity contribution in [2.75, 3.05) is 19.8 Å². The van der Waals surface area contributed by atoms with Crippen molar-refractivity contribution in [2.45, 2.75) is 64.4 Å². The van der Waals surface area contributed by atoms with Gasteiger partial charge in [0.1, 0.15) is 5.60 Å². The minimum absolute atomic E-state index is 0.406. The first kappa shape index (κ1) is 22.1. The molecule has 0 aliphatic heterocycles. The van der Waals surface area contributed by atoms with Crippen LogP contribution in [0.2, 0.25) is 0 Å². The molecular formula is C21H36O4. The monoisotopic (exact) mass is 352 g/mol. The van der Waals surface area contributed by atoms with Gasteiger partial charge in [-0.1, -0.05) is 82.7 Å². The maximum atomic E-state index is 11.4. The Kier molecular flexibility index (Phi) is 9.65. The third-order valence-electron chi connectivity index (χ3n) is 5.36. The zero-order valence-corrected chi connectivity index (χ0v) is 15.8. The van der Waals surface area contributed by atoms with Crippen LogP contribution in [0.4, 0.5) is 0 Å². The normalized spacial score (nSPS) is 14.7. The summed E-state index contributed by atoms with van der Waals surface area (Å²) in [5.74, 6) is 0.738. The Labute approximate surface area is 152 Å². The summed E-state index contributed by atoms with van der Waals surface area (Å²) in [6, 6.07) is 9.08. The Morgan fingerprint density at radius 1 is 0.800 bits per heavy atom. The largest absolute Gasteiger partial charge is 0.395 e. The van der Waals surface area contributed by atoms with Crippen LogP contribution in [0.3, 0.4) is 0 Å². The summed E-state index contributed by atoms with van der Waals surface area (Å²) < 4.78 is 0. The number of benzene rings is 1. The molecule has 25 heavy (non-hydrogen) atoms. The lowest BCUT2D eigenvalue weighted by molar-refractivity contribution is -0.164. The van der Waals surface area contributed by atoms with Crippen molar-refractivity contribution in [3.05, 3.63) is 35.9 Å². The standard InChI is InChI=1S/C21H36O4/c1-18(2)11-7-4-3-5-10-14-21(25,19-12-8-6-9-13-19)20(15-22,16-23)17-24/h6,8-9,12-13,18,22-25H,3-5,7,10-11,14-17H2,1-2H3. The Balaban J connectivity index is 2.74. The SMILES string of the molecule is CC(C)CCCCCCCC(O)(c1ccccc1)C(CO)(CO)CO. The van der Waals surface area contributed by atoms with E-state index in [2.05, 4.69) is 13.8 Å². The van der Waals surface area contributed by atoms with Gasteiger partial charge in [-0.15, -0.1) is 0 Å². The number of hydrogen-bond acceptors (Lipinski definition) is 4. The van der Waals surface area contributed by atoms with Gasteiger partial charge >= 0.3 is 0 Å². The highest BCUT2D eigenvalue weighted by Crippen LogP contribution is 2.43. The molecule has 0 fully saturated rings. The van der Waals surface area contributed by atoms with Crippen LogP contribution < -0.4 is 0 Å². The zero-order valence-electron chi connectivity index (χ0n) is 15.8. The molecule has 0 heterocycles. The van der Waals surface area contributed by atoms with E-state index < -0.39 is 30.8 Å². The smallest absolute Gasteiger partial charge is 0.102 e. The van der Waals surface area contributed by atoms with Gasteiger partial charge in [-0.3, -0.25) is 0 Å². The van der Waals surface area contributed by atoms with E-state index in [-0.39, 0.29) is 0 Å². The molecule has 1 aromatic carbocycles. The lowest BCUT2D eigenvalue weighted by Crippen LogP contribution is -2.53. The van der Waals surface area contributed by atoms with Crippen LogP contribution in [-0.2, 0) is 5.60 Å². The summed E-state index contributed by atoms with van der Waals surface area (Å²) in [6.07, 6.45) is 6.96. The topological polar surface area (TPSA) is 80.9 Å². The van der Waals surface area contributed by atoms with E-state index in [0.717, 1.165) is 25.2 Å². The number of aliphatic hydroxyl groups excluding tert-OH is 3. The van der Waals surface area contributed by atoms with Gasteiger partial charge in [0, 0.05) is 0 Å². The van der Waals surface area contributed by atoms with Crippen LogP contribution in [0.1, 0.15) is 64.4 Å². The van der Waals surface area contributed by atoms with Gasteiger partial charge in [0.25, 0.3) is 0 Å². The van der Waals surface area contributed by atoms with Crippen LogP contribution in [0, 0.1) is 11.3 Å². The van der Waals surface area contributed by atoms with Gasteiger partial charge in [0.15, 0.2) is 0 Å². The predicted molar refractivity (Wildman–Crippen MR) is 101 cm³/mol. The van der Waals surface area contributed by atoms with E-state index in [1.54, 1.807) is 12.1 Å². The second kappa shape index (κ2) is 10.9. The lowest BCUT2D eigenvalue weighted by atomic mass is 9.67. The maximum absolute atomic E-state index is 11.4. The zero-order chi connectivity index (χ0) is 18.8. The quantitative estimate of drug-likeness (QED) is 0.411. The molecule has 1 atom stereocenters. The predicted octanol–water partition coefficient (Wildman–Crippen LogP) is 3.22. The molecule has 4 heteroatoms. The van der Waals surface area contributed by atoms with Gasteiger partial charge in [0.05, 0.1) is 25.2 Å². The first-order valence-corrected chi connectivity index (χ1v) is 9.56. The highest BCUT2D eigenvalue weighted by molar-refractivity contribution is 5.26. The molecule has 0 radical (unpaired) electrons. The summed E-state index contributed by atoms with van der Waals surface area (Å²) in [7, 11) is 0. The van der Waals surface area contributed by atoms with E-state index in [9.17, 15) is 20.4 Å². The van der Waals surface area contributed by atoms with E-state index >= 15 is 0 Å². The maximum Gasteiger partial charge on any atom is 0.102 e. The summed E-state index contributed by atoms with van der Waals surface area (Å²) in [6.45, 7) is 3.05. The fourth-order valence-electron chi connectivity index (χ4n) is 3.44. The van der Waals surface area contributed by atoms with Gasteiger partial charge in [-0.2, -0.15) is 0 Å². The van der Waals surface area contributed by atoms with Crippen molar-refractivity contribution in [3.8, 4) is 0 Å². The third kappa shape index (κ3) is 5.78. The Morgan fingerprint density at radius 2 is 1.32 bits per heavy atom. The molecule has 0 aliphatic rings. The molecule has 0 bridgehead atoms. The first-order valence-electron chi connectivity index (χ1n) is 9.56. The van der Waals surface area contributed by atoms with E-state index in [1.807, 2.05) is 18.2 Å². The molecule has 0 spiro atoms. The van der Waals surface area contributed by atoms with Crippen LogP contribution >= 0.6 is 0 Å². The Morgan fingerprint density at radius 3 is 1.84 bits per heavy atom. The molecule has 4 nitrogen and oxygen atoms in total. The van der Waals surface area contributed by atoms with Crippen molar-refractivity contribution in [1.82, 2.24) is 0 Å². The highest BCUT2D eigenvalue weighted by atomic mass is 16.3. The van der Waals surface area contributed by atoms with Crippen LogP contribution in [0.15, 0.2) is 30.3 Å². The van der Waals surface area contributed by atoms with Crippen molar-refractivity contribution < 1.29 is 20.4 Å². The van der Waals surface area contributed by atoms with Crippen molar-refractivity contribution in [3.63, 3.8) is 0 Å². The van der Waals surface area contributed by atoms with Crippen LogP contribution in [0.5, 0.6) is 0 Å². The highest BCUT2D eigenvalue weighted by Gasteiger charge is 2.50. The molecule has 0 aliphatic carbocycles. The van der Waals surface area contributed by atoms with E-state index in [4.69, 9.17) is 0 Å². The fraction of sp³-hybridized carbons (Fsp3) is 0.714. The molecule has 1 rings (SSSR count). The fourth-order valence-corrected chi connectivity index (χ4v) is 3.44. The summed E-state index contributed by atoms with van der Waals surface area (Å²) in [4.78, 5) is 0. The molecule has 1 unspecified atom stereocenters. The van der Waals surface area contributed by atoms with Crippen LogP contribution in [-0.4, -0.2) is 40.2 Å². The molecule has 1 aromatic rings. The van der Waals surface area contributed by atoms with E-state index in [1.165, 1.54) is 19.3 Å². The average Bonchev–Trinajstić information content (AvgIpc) is 2.63. The number of hydrogen-bond donors (Lipinski definition) is 4. The summed E-state index contributed by atoms with van der Waals surface area (Å²) >= 11 is 0. The van der Waals surface area contributed by atoms with Gasteiger partial charge in [-0.25, -0.2) is 0 Å². The molecule has 4 N–H and O–H groups in total. The van der Waals surface area contributed by atoms with Crippen LogP contribution in [0.25, 0.3) is 0 Å². The van der Waals surface area contributed by atoms with Gasteiger partial charge in [0.2, 0.25) is 0 Å². The molecule has 0 aromatic heterocycles. The third-order valence-corrected chi connectivity index (χ3v) is 5.36. The molecule has 0 saturated heterocycles. The second-order valence-corrected chi connectivity index (χ2v) is 7.68. The van der Waals surface area contributed by atoms with Gasteiger partial charge < -0.3 is 20.4 Å². The minimum atomic E-state index is -1.45. The molecule has 0 saturated carbocycles. The van der Waals surface area contributed by atoms with Crippen molar-refractivity contribution in [2.24, 2.45) is 11.3 Å². The van der Waals surface area contributed by atoms with Gasteiger partial charge in [-0.05, 0) is 17.9 Å². The number of unbranched alkanes of at least 4 members (excludes halogenated alkanes) is 4. The van der Waals surface area contributed by atoms with Crippen molar-refractivity contribution in [1.29, 1.82) is 0 Å². The first-order chi connectivity index (χ1) is 12.0. The minimum Gasteiger partial charge on any atom is -0.395 e. The summed E-state index contributed by atoms with van der Waals surface area (Å²) in [5.41, 5.74) is -2.18. The number of aliphatic hydroxyl groups is 4. The Bertz CT molecular complexity index is 448. The molecule has 0 amide bonds. The number of rotatable bonds is 13. The molecular weight excluding hydrogens is 316 g/mol. The Hall–Kier alpha value is -0.940. The van der Waals surface area contributed by atoms with E-state index in [0.29, 0.717) is 12.0 Å². The second-order valence-electron chi connectivity index (χ2n) is 7.68. The molecule has 144 valence electrons. The summed E-state index contributed by atoms with van der Waals surface area (Å²) in [5, 5.41) is 40.8. The van der Waals surface area contributed by atoms with Crippen molar-refractivity contribution >= 4 is 0 Å². The lowest BCUT2D eigenvalue weighted by Gasteiger charge is -2.45.